The molecule has 0 atom stereocenters. The van der Waals surface area contributed by atoms with Gasteiger partial charge in [-0.25, -0.2) is 9.97 Å². The maximum absolute atomic E-state index is 8.57. The summed E-state index contributed by atoms with van der Waals surface area (Å²) in [5.74, 6) is 0.623. The molecular formula is C11H15N3. The van der Waals surface area contributed by atoms with Crippen LogP contribution in [0, 0.1) is 18.3 Å². The standard InChI is InChI=1S/C11H15N3/c1-8-7-9(11(2,3)4)14-10(13-8)5-6-12/h7H,5H2,1-4H3. The van der Waals surface area contributed by atoms with E-state index in [0.29, 0.717) is 5.82 Å². The summed E-state index contributed by atoms with van der Waals surface area (Å²) in [5.41, 5.74) is 1.93. The second kappa shape index (κ2) is 3.75. The van der Waals surface area contributed by atoms with Gasteiger partial charge in [-0.1, -0.05) is 20.8 Å². The molecule has 0 aliphatic rings. The lowest BCUT2D eigenvalue weighted by atomic mass is 9.91. The predicted molar refractivity (Wildman–Crippen MR) is 54.8 cm³/mol. The monoisotopic (exact) mass is 189 g/mol. The van der Waals surface area contributed by atoms with Gasteiger partial charge in [-0.3, -0.25) is 0 Å². The van der Waals surface area contributed by atoms with Crippen LogP contribution in [0.15, 0.2) is 6.07 Å². The number of nitriles is 1. The summed E-state index contributed by atoms with van der Waals surface area (Å²) in [4.78, 5) is 8.56. The summed E-state index contributed by atoms with van der Waals surface area (Å²) in [5, 5.41) is 8.57. The molecule has 1 aromatic rings. The average Bonchev–Trinajstić information content (AvgIpc) is 2.02. The van der Waals surface area contributed by atoms with Crippen molar-refractivity contribution in [1.82, 2.24) is 9.97 Å². The lowest BCUT2D eigenvalue weighted by Gasteiger charge is -2.18. The Bertz CT molecular complexity index is 369. The lowest BCUT2D eigenvalue weighted by Crippen LogP contribution is -2.15. The van der Waals surface area contributed by atoms with Gasteiger partial charge in [0.2, 0.25) is 0 Å². The number of hydrogen-bond donors (Lipinski definition) is 0. The summed E-state index contributed by atoms with van der Waals surface area (Å²) in [6.07, 6.45) is 0.282. The van der Waals surface area contributed by atoms with Gasteiger partial charge in [-0.2, -0.15) is 5.26 Å². The van der Waals surface area contributed by atoms with Crippen molar-refractivity contribution < 1.29 is 0 Å². The minimum Gasteiger partial charge on any atom is -0.237 e. The summed E-state index contributed by atoms with van der Waals surface area (Å²) < 4.78 is 0. The first-order valence-electron chi connectivity index (χ1n) is 4.65. The molecule has 1 aromatic heterocycles. The summed E-state index contributed by atoms with van der Waals surface area (Å²) in [6, 6.07) is 4.04. The average molecular weight is 189 g/mol. The third-order valence-electron chi connectivity index (χ3n) is 1.91. The van der Waals surface area contributed by atoms with Gasteiger partial charge in [0.15, 0.2) is 0 Å². The molecule has 1 heterocycles. The van der Waals surface area contributed by atoms with Gasteiger partial charge >= 0.3 is 0 Å². The number of hydrogen-bond acceptors (Lipinski definition) is 3. The molecule has 3 nitrogen and oxygen atoms in total. The van der Waals surface area contributed by atoms with Crippen molar-refractivity contribution in [2.75, 3.05) is 0 Å². The Morgan fingerprint density at radius 1 is 1.36 bits per heavy atom. The SMILES string of the molecule is Cc1cc(C(C)(C)C)nc(CC#N)n1. The maximum atomic E-state index is 8.57. The zero-order chi connectivity index (χ0) is 10.8. The van der Waals surface area contributed by atoms with E-state index < -0.39 is 0 Å². The third kappa shape index (κ3) is 2.53. The minimum absolute atomic E-state index is 0.0118. The second-order valence-corrected chi connectivity index (χ2v) is 4.40. The molecule has 0 saturated carbocycles. The van der Waals surface area contributed by atoms with Crippen LogP contribution in [0.1, 0.15) is 38.0 Å². The number of aryl methyl sites for hydroxylation is 1. The topological polar surface area (TPSA) is 49.6 Å². The molecule has 0 spiro atoms. The van der Waals surface area contributed by atoms with Crippen molar-refractivity contribution in [2.45, 2.75) is 39.5 Å². The van der Waals surface area contributed by atoms with Crippen molar-refractivity contribution >= 4 is 0 Å². The van der Waals surface area contributed by atoms with Crippen LogP contribution in [0.4, 0.5) is 0 Å². The lowest BCUT2D eigenvalue weighted by molar-refractivity contribution is 0.562. The molecular weight excluding hydrogens is 174 g/mol. The van der Waals surface area contributed by atoms with E-state index in [9.17, 15) is 0 Å². The highest BCUT2D eigenvalue weighted by Crippen LogP contribution is 2.20. The normalized spacial score (nSPS) is 11.1. The predicted octanol–water partition coefficient (Wildman–Crippen LogP) is 2.15. The first-order chi connectivity index (χ1) is 6.43. The third-order valence-corrected chi connectivity index (χ3v) is 1.91. The highest BCUT2D eigenvalue weighted by atomic mass is 14.9. The van der Waals surface area contributed by atoms with Crippen molar-refractivity contribution in [3.8, 4) is 6.07 Å². The second-order valence-electron chi connectivity index (χ2n) is 4.40. The van der Waals surface area contributed by atoms with Crippen molar-refractivity contribution in [3.63, 3.8) is 0 Å². The van der Waals surface area contributed by atoms with E-state index in [-0.39, 0.29) is 11.8 Å². The van der Waals surface area contributed by atoms with Crippen LogP contribution in [0.2, 0.25) is 0 Å². The first-order valence-corrected chi connectivity index (χ1v) is 4.65. The quantitative estimate of drug-likeness (QED) is 0.680. The minimum atomic E-state index is 0.0118. The molecule has 14 heavy (non-hydrogen) atoms. The molecule has 0 radical (unpaired) electrons. The van der Waals surface area contributed by atoms with Gasteiger partial charge in [-0.05, 0) is 13.0 Å². The van der Waals surface area contributed by atoms with E-state index in [1.54, 1.807) is 0 Å². The molecule has 0 aromatic carbocycles. The number of aromatic nitrogens is 2. The molecule has 0 bridgehead atoms. The molecule has 0 N–H and O–H groups in total. The Balaban J connectivity index is 3.15. The van der Waals surface area contributed by atoms with E-state index in [2.05, 4.69) is 36.8 Å². The number of rotatable bonds is 1. The van der Waals surface area contributed by atoms with Gasteiger partial charge in [0.1, 0.15) is 5.82 Å². The van der Waals surface area contributed by atoms with Crippen LogP contribution in [-0.2, 0) is 11.8 Å². The summed E-state index contributed by atoms with van der Waals surface area (Å²) >= 11 is 0. The molecule has 0 fully saturated rings. The summed E-state index contributed by atoms with van der Waals surface area (Å²) in [7, 11) is 0. The van der Waals surface area contributed by atoms with Crippen molar-refractivity contribution in [1.29, 1.82) is 5.26 Å². The van der Waals surface area contributed by atoms with Gasteiger partial charge < -0.3 is 0 Å². The van der Waals surface area contributed by atoms with Crippen molar-refractivity contribution in [2.24, 2.45) is 0 Å². The highest BCUT2D eigenvalue weighted by Gasteiger charge is 2.16. The molecule has 0 aliphatic carbocycles. The Labute approximate surface area is 84.8 Å². The highest BCUT2D eigenvalue weighted by molar-refractivity contribution is 5.18. The molecule has 0 unspecified atom stereocenters. The molecule has 3 heteroatoms. The van der Waals surface area contributed by atoms with E-state index in [1.165, 1.54) is 0 Å². The molecule has 74 valence electrons. The summed E-state index contributed by atoms with van der Waals surface area (Å²) in [6.45, 7) is 8.23. The van der Waals surface area contributed by atoms with Gasteiger partial charge in [0.05, 0.1) is 12.5 Å². The van der Waals surface area contributed by atoms with Gasteiger partial charge in [-0.15, -0.1) is 0 Å². The Morgan fingerprint density at radius 3 is 2.50 bits per heavy atom. The van der Waals surface area contributed by atoms with Crippen LogP contribution in [0.3, 0.4) is 0 Å². The fraction of sp³-hybridized carbons (Fsp3) is 0.545. The maximum Gasteiger partial charge on any atom is 0.142 e. The molecule has 0 saturated heterocycles. The molecule has 0 amide bonds. The van der Waals surface area contributed by atoms with Crippen LogP contribution >= 0.6 is 0 Å². The fourth-order valence-corrected chi connectivity index (χ4v) is 1.16. The Kier molecular flexibility index (Phi) is 2.85. The van der Waals surface area contributed by atoms with Gasteiger partial charge in [0, 0.05) is 16.8 Å². The van der Waals surface area contributed by atoms with Gasteiger partial charge in [0.25, 0.3) is 0 Å². The zero-order valence-electron chi connectivity index (χ0n) is 9.13. The number of nitrogens with zero attached hydrogens (tertiary/aromatic N) is 3. The fourth-order valence-electron chi connectivity index (χ4n) is 1.16. The van der Waals surface area contributed by atoms with E-state index in [1.807, 2.05) is 13.0 Å². The van der Waals surface area contributed by atoms with Crippen molar-refractivity contribution in [3.05, 3.63) is 23.3 Å². The van der Waals surface area contributed by atoms with E-state index >= 15 is 0 Å². The van der Waals surface area contributed by atoms with E-state index in [4.69, 9.17) is 5.26 Å². The largest absolute Gasteiger partial charge is 0.237 e. The first kappa shape index (κ1) is 10.6. The molecule has 0 aliphatic heterocycles. The van der Waals surface area contributed by atoms with Crippen LogP contribution in [0.5, 0.6) is 0 Å². The smallest absolute Gasteiger partial charge is 0.142 e. The Hall–Kier alpha value is -1.43. The Morgan fingerprint density at radius 2 is 2.00 bits per heavy atom. The van der Waals surface area contributed by atoms with Crippen LogP contribution < -0.4 is 0 Å². The zero-order valence-corrected chi connectivity index (χ0v) is 9.13. The van der Waals surface area contributed by atoms with Crippen LogP contribution in [-0.4, -0.2) is 9.97 Å². The van der Waals surface area contributed by atoms with E-state index in [0.717, 1.165) is 11.4 Å². The van der Waals surface area contributed by atoms with Crippen LogP contribution in [0.25, 0.3) is 0 Å². The molecule has 1 rings (SSSR count).